The van der Waals surface area contributed by atoms with E-state index in [1.54, 1.807) is 13.0 Å². The Morgan fingerprint density at radius 2 is 2.05 bits per heavy atom. The highest BCUT2D eigenvalue weighted by atomic mass is 35.5. The number of hydrogen-bond acceptors (Lipinski definition) is 3. The molecule has 1 aromatic heterocycles. The first-order chi connectivity index (χ1) is 8.99. The topological polar surface area (TPSA) is 79.5 Å². The van der Waals surface area contributed by atoms with Crippen LogP contribution >= 0.6 is 11.6 Å². The van der Waals surface area contributed by atoms with Crippen molar-refractivity contribution in [3.8, 4) is 0 Å². The van der Waals surface area contributed by atoms with Gasteiger partial charge in [0.2, 0.25) is 0 Å². The number of halogens is 1. The van der Waals surface area contributed by atoms with Gasteiger partial charge in [-0.25, -0.2) is 4.79 Å². The van der Waals surface area contributed by atoms with E-state index < -0.39 is 11.9 Å². The lowest BCUT2D eigenvalue weighted by Crippen LogP contribution is -2.13. The average molecular weight is 280 g/mol. The van der Waals surface area contributed by atoms with Gasteiger partial charge in [0.15, 0.2) is 5.76 Å². The van der Waals surface area contributed by atoms with Crippen molar-refractivity contribution >= 4 is 29.2 Å². The summed E-state index contributed by atoms with van der Waals surface area (Å²) in [6.07, 6.45) is 1.40. The van der Waals surface area contributed by atoms with E-state index in [0.717, 1.165) is 0 Å². The molecule has 0 radical (unpaired) electrons. The van der Waals surface area contributed by atoms with Crippen LogP contribution in [0, 0.1) is 6.92 Å². The maximum atomic E-state index is 11.9. The van der Waals surface area contributed by atoms with Crippen molar-refractivity contribution in [1.29, 1.82) is 0 Å². The molecule has 19 heavy (non-hydrogen) atoms. The Labute approximate surface area is 113 Å². The molecule has 0 unspecified atom stereocenters. The molecule has 0 aliphatic heterocycles. The van der Waals surface area contributed by atoms with Crippen LogP contribution in [0.3, 0.4) is 0 Å². The van der Waals surface area contributed by atoms with Gasteiger partial charge in [0, 0.05) is 5.56 Å². The number of carbonyl (C=O) groups is 2. The minimum Gasteiger partial charge on any atom is -0.478 e. The number of carboxylic acid groups (broad SMARTS) is 1. The Balaban J connectivity index is 2.28. The van der Waals surface area contributed by atoms with Gasteiger partial charge in [-0.15, -0.1) is 0 Å². The van der Waals surface area contributed by atoms with Gasteiger partial charge in [0.25, 0.3) is 5.91 Å². The van der Waals surface area contributed by atoms with Crippen molar-refractivity contribution in [2.24, 2.45) is 0 Å². The number of nitrogens with one attached hydrogen (secondary N) is 1. The maximum Gasteiger partial charge on any atom is 0.335 e. The standard InChI is InChI=1S/C13H10ClNO4/c1-7-4-5-19-11(7)12(16)15-10-6-8(13(17)18)2-3-9(10)14/h2-6H,1H3,(H,15,16)(H,17,18). The minimum atomic E-state index is -1.10. The molecular formula is C13H10ClNO4. The van der Waals surface area contributed by atoms with Crippen molar-refractivity contribution in [3.63, 3.8) is 0 Å². The number of amides is 1. The summed E-state index contributed by atoms with van der Waals surface area (Å²) in [6, 6.07) is 5.72. The third kappa shape index (κ3) is 2.77. The van der Waals surface area contributed by atoms with Crippen molar-refractivity contribution in [2.45, 2.75) is 6.92 Å². The van der Waals surface area contributed by atoms with Crippen LogP contribution in [0.1, 0.15) is 26.5 Å². The van der Waals surface area contributed by atoms with E-state index in [1.807, 2.05) is 0 Å². The summed E-state index contributed by atoms with van der Waals surface area (Å²) in [5.41, 5.74) is 0.946. The molecule has 0 bridgehead atoms. The van der Waals surface area contributed by atoms with Gasteiger partial charge in [-0.3, -0.25) is 4.79 Å². The molecule has 5 nitrogen and oxygen atoms in total. The van der Waals surface area contributed by atoms with Crippen molar-refractivity contribution in [1.82, 2.24) is 0 Å². The van der Waals surface area contributed by atoms with Crippen LogP contribution in [0.25, 0.3) is 0 Å². The number of rotatable bonds is 3. The predicted molar refractivity (Wildman–Crippen MR) is 69.8 cm³/mol. The highest BCUT2D eigenvalue weighted by Crippen LogP contribution is 2.24. The zero-order valence-corrected chi connectivity index (χ0v) is 10.7. The summed E-state index contributed by atoms with van der Waals surface area (Å²) in [7, 11) is 0. The third-order valence-electron chi connectivity index (χ3n) is 2.53. The molecule has 0 saturated carbocycles. The molecule has 1 amide bonds. The highest BCUT2D eigenvalue weighted by molar-refractivity contribution is 6.34. The van der Waals surface area contributed by atoms with Gasteiger partial charge < -0.3 is 14.8 Å². The quantitative estimate of drug-likeness (QED) is 0.904. The van der Waals surface area contributed by atoms with E-state index in [0.29, 0.717) is 5.56 Å². The average Bonchev–Trinajstić information content (AvgIpc) is 2.78. The Kier molecular flexibility index (Phi) is 3.57. The molecular weight excluding hydrogens is 270 g/mol. The molecule has 6 heteroatoms. The lowest BCUT2D eigenvalue weighted by molar-refractivity contribution is 0.0696. The summed E-state index contributed by atoms with van der Waals surface area (Å²) in [6.45, 7) is 1.73. The van der Waals surface area contributed by atoms with Crippen molar-refractivity contribution in [2.75, 3.05) is 5.32 Å². The van der Waals surface area contributed by atoms with Crippen LogP contribution in [0.15, 0.2) is 34.9 Å². The summed E-state index contributed by atoms with van der Waals surface area (Å²) in [4.78, 5) is 22.8. The van der Waals surface area contributed by atoms with E-state index in [9.17, 15) is 9.59 Å². The summed E-state index contributed by atoms with van der Waals surface area (Å²) < 4.78 is 5.04. The minimum absolute atomic E-state index is 0.0378. The van der Waals surface area contributed by atoms with Gasteiger partial charge >= 0.3 is 5.97 Å². The Morgan fingerprint density at radius 1 is 1.32 bits per heavy atom. The summed E-state index contributed by atoms with van der Waals surface area (Å²) in [5, 5.41) is 11.7. The van der Waals surface area contributed by atoms with Crippen molar-refractivity contribution < 1.29 is 19.1 Å². The van der Waals surface area contributed by atoms with Gasteiger partial charge in [-0.1, -0.05) is 11.6 Å². The number of benzene rings is 1. The first-order valence-corrected chi connectivity index (χ1v) is 5.75. The number of hydrogen-bond donors (Lipinski definition) is 2. The Hall–Kier alpha value is -2.27. The molecule has 0 atom stereocenters. The normalized spacial score (nSPS) is 10.2. The summed E-state index contributed by atoms with van der Waals surface area (Å²) >= 11 is 5.91. The zero-order valence-electron chi connectivity index (χ0n) is 9.94. The number of carboxylic acids is 1. The molecule has 0 spiro atoms. The number of aryl methyl sites for hydroxylation is 1. The third-order valence-corrected chi connectivity index (χ3v) is 2.86. The van der Waals surface area contributed by atoms with Gasteiger partial charge in [0.1, 0.15) is 0 Å². The number of carbonyl (C=O) groups excluding carboxylic acids is 1. The maximum absolute atomic E-state index is 11.9. The number of anilines is 1. The number of aromatic carboxylic acids is 1. The first-order valence-electron chi connectivity index (χ1n) is 5.37. The predicted octanol–water partition coefficient (Wildman–Crippen LogP) is 3.19. The monoisotopic (exact) mass is 279 g/mol. The summed E-state index contributed by atoms with van der Waals surface area (Å²) in [5.74, 6) is -1.41. The largest absolute Gasteiger partial charge is 0.478 e. The van der Waals surface area contributed by atoms with Crippen LogP contribution < -0.4 is 5.32 Å². The molecule has 2 N–H and O–H groups in total. The first kappa shape index (κ1) is 13.2. The molecule has 2 aromatic rings. The smallest absolute Gasteiger partial charge is 0.335 e. The van der Waals surface area contributed by atoms with Crippen molar-refractivity contribution in [3.05, 3.63) is 52.4 Å². The Bertz CT molecular complexity index is 648. The van der Waals surface area contributed by atoms with Crippen LogP contribution in [0.5, 0.6) is 0 Å². The van der Waals surface area contributed by atoms with Gasteiger partial charge in [-0.2, -0.15) is 0 Å². The zero-order chi connectivity index (χ0) is 14.0. The SMILES string of the molecule is Cc1ccoc1C(=O)Nc1cc(C(=O)O)ccc1Cl. The molecule has 1 aromatic carbocycles. The lowest BCUT2D eigenvalue weighted by Gasteiger charge is -2.07. The fourth-order valence-corrected chi connectivity index (χ4v) is 1.70. The van der Waals surface area contributed by atoms with Crippen LogP contribution in [0.2, 0.25) is 5.02 Å². The van der Waals surface area contributed by atoms with Gasteiger partial charge in [0.05, 0.1) is 22.5 Å². The van der Waals surface area contributed by atoms with Crippen LogP contribution in [0.4, 0.5) is 5.69 Å². The molecule has 0 saturated heterocycles. The molecule has 2 rings (SSSR count). The lowest BCUT2D eigenvalue weighted by atomic mass is 10.2. The van der Waals surface area contributed by atoms with Gasteiger partial charge in [-0.05, 0) is 31.2 Å². The molecule has 0 aliphatic rings. The van der Waals surface area contributed by atoms with E-state index in [1.165, 1.54) is 24.5 Å². The second-order valence-corrected chi connectivity index (χ2v) is 4.29. The fourth-order valence-electron chi connectivity index (χ4n) is 1.54. The molecule has 98 valence electrons. The second kappa shape index (κ2) is 5.16. The van der Waals surface area contributed by atoms with E-state index >= 15 is 0 Å². The van der Waals surface area contributed by atoms with Crippen LogP contribution in [-0.2, 0) is 0 Å². The molecule has 0 aliphatic carbocycles. The number of furan rings is 1. The van der Waals surface area contributed by atoms with E-state index in [2.05, 4.69) is 5.32 Å². The fraction of sp³-hybridized carbons (Fsp3) is 0.0769. The highest BCUT2D eigenvalue weighted by Gasteiger charge is 2.15. The Morgan fingerprint density at radius 3 is 2.63 bits per heavy atom. The molecule has 0 fully saturated rings. The van der Waals surface area contributed by atoms with E-state index in [-0.39, 0.29) is 22.0 Å². The van der Waals surface area contributed by atoms with E-state index in [4.69, 9.17) is 21.1 Å². The van der Waals surface area contributed by atoms with Crippen LogP contribution in [-0.4, -0.2) is 17.0 Å². The molecule has 1 heterocycles. The second-order valence-electron chi connectivity index (χ2n) is 3.89.